The summed E-state index contributed by atoms with van der Waals surface area (Å²) in [6.45, 7) is 4.17. The number of phenolic OH excluding ortho intramolecular Hbond substituents is 1. The lowest BCUT2D eigenvalue weighted by Crippen LogP contribution is -2.20. The van der Waals surface area contributed by atoms with Gasteiger partial charge in [-0.3, -0.25) is 14.6 Å². The molecule has 3 aliphatic carbocycles. The lowest BCUT2D eigenvalue weighted by molar-refractivity contribution is -0.156. The maximum Gasteiger partial charge on any atom is 0.446 e. The number of aryl methyl sites for hydroxylation is 2. The molecule has 0 radical (unpaired) electrons. The molecule has 3 saturated carbocycles. The van der Waals surface area contributed by atoms with Crippen molar-refractivity contribution in [2.45, 2.75) is 95.4 Å². The molecule has 3 fully saturated rings. The second kappa shape index (κ2) is 34.6. The van der Waals surface area contributed by atoms with Gasteiger partial charge in [-0.25, -0.2) is 28.7 Å². The number of nitrogens with one attached hydrogen (secondary N) is 1. The molecule has 13 rings (SSSR count). The normalized spacial score (nSPS) is 14.4. The Balaban J connectivity index is 0.000000163. The number of hydrogen-bond donors (Lipinski definition) is 2. The van der Waals surface area contributed by atoms with Crippen LogP contribution in [0, 0.1) is 30.9 Å². The topological polar surface area (TPSA) is 151 Å². The van der Waals surface area contributed by atoms with Crippen LogP contribution in [0.4, 0.5) is 22.0 Å². The minimum atomic E-state index is -4.64. The molecule has 4 heterocycles. The van der Waals surface area contributed by atoms with E-state index in [4.69, 9.17) is 66.3 Å². The fourth-order valence-corrected chi connectivity index (χ4v) is 12.6. The van der Waals surface area contributed by atoms with Crippen molar-refractivity contribution in [2.24, 2.45) is 9.98 Å². The number of aldehydes is 2. The summed E-state index contributed by atoms with van der Waals surface area (Å²) in [6.07, 6.45) is 9.90. The van der Waals surface area contributed by atoms with Crippen molar-refractivity contribution in [1.82, 2.24) is 15.0 Å². The molecule has 470 valence electrons. The minimum Gasteiger partial charge on any atom is -0.507 e. The van der Waals surface area contributed by atoms with E-state index in [1.54, 1.807) is 66.2 Å². The van der Waals surface area contributed by atoms with Gasteiger partial charge in [0, 0.05) is 97.2 Å². The summed E-state index contributed by atoms with van der Waals surface area (Å²) in [5.74, 6) is 0.881. The maximum absolute atomic E-state index is 14.8. The third-order valence-electron chi connectivity index (χ3n) is 12.9. The van der Waals surface area contributed by atoms with E-state index in [2.05, 4.69) is 89.9 Å². The third kappa shape index (κ3) is 23.2. The summed E-state index contributed by atoms with van der Waals surface area (Å²) in [6, 6.07) is 36.4. The summed E-state index contributed by atoms with van der Waals surface area (Å²) < 4.78 is 67.6. The van der Waals surface area contributed by atoms with Gasteiger partial charge in [0.15, 0.2) is 6.29 Å². The smallest absolute Gasteiger partial charge is 0.446 e. The molecule has 0 saturated heterocycles. The lowest BCUT2D eigenvalue weighted by atomic mass is 9.99. The first kappa shape index (κ1) is 71.4. The first-order chi connectivity index (χ1) is 43.0. The average molecular weight is 1490 g/mol. The Morgan fingerprint density at radius 1 is 0.667 bits per heavy atom. The Bertz CT molecular complexity index is 3880. The summed E-state index contributed by atoms with van der Waals surface area (Å²) in [5.41, 5.74) is 5.02. The van der Waals surface area contributed by atoms with Gasteiger partial charge in [0.2, 0.25) is 12.5 Å². The number of ether oxygens (including phenoxy) is 1. The van der Waals surface area contributed by atoms with Crippen molar-refractivity contribution < 1.29 is 41.4 Å². The van der Waals surface area contributed by atoms with Crippen LogP contribution in [0.1, 0.15) is 130 Å². The van der Waals surface area contributed by atoms with Crippen LogP contribution in [0.2, 0.25) is 20.1 Å². The molecule has 1 atom stereocenters. The Morgan fingerprint density at radius 2 is 1.14 bits per heavy atom. The first-order valence-electron chi connectivity index (χ1n) is 27.7. The second-order valence-corrected chi connectivity index (χ2v) is 27.2. The van der Waals surface area contributed by atoms with Crippen LogP contribution in [0.25, 0.3) is 0 Å². The molecule has 2 N–H and O–H groups in total. The number of alkyl halides is 3. The number of nitrogens with zero attached hydrogens (tertiary/aromatic N) is 5. The zero-order valence-corrected chi connectivity index (χ0v) is 56.9. The molecule has 0 bridgehead atoms. The van der Waals surface area contributed by atoms with Crippen molar-refractivity contribution in [3.8, 4) is 11.5 Å². The number of carbonyl (C=O) groups is 2. The predicted octanol–water partition coefficient (Wildman–Crippen LogP) is 21.2. The van der Waals surface area contributed by atoms with E-state index in [9.17, 15) is 31.9 Å². The maximum atomic E-state index is 14.8. The third-order valence-corrected chi connectivity index (χ3v) is 18.8. The molecular formula is C66H57Br2Cl4F5N6O4S3. The number of carbonyl (C=O) groups excluding carboxylic acids is 2. The summed E-state index contributed by atoms with van der Waals surface area (Å²) in [7, 11) is 1.79. The van der Waals surface area contributed by atoms with E-state index in [0.29, 0.717) is 45.3 Å². The Hall–Kier alpha value is -6.07. The van der Waals surface area contributed by atoms with Crippen molar-refractivity contribution >= 4 is 142 Å². The molecular weight excluding hydrogens is 1430 g/mol. The second-order valence-electron chi connectivity index (χ2n) is 20.5. The molecule has 1 unspecified atom stereocenters. The molecule has 3 aromatic heterocycles. The quantitative estimate of drug-likeness (QED) is 0.0743. The number of aromatic nitrogens is 3. The molecule has 10 nitrogen and oxygen atoms in total. The van der Waals surface area contributed by atoms with Crippen LogP contribution in [0.3, 0.4) is 0 Å². The fourth-order valence-electron chi connectivity index (χ4n) is 8.09. The zero-order valence-electron chi connectivity index (χ0n) is 48.3. The number of benzene rings is 6. The number of halogens is 11. The monoisotopic (exact) mass is 1490 g/mol. The number of aliphatic imine (C=N–C) groups is 2. The first-order valence-corrected chi connectivity index (χ1v) is 33.2. The van der Waals surface area contributed by atoms with Gasteiger partial charge >= 0.3 is 6.18 Å². The molecule has 0 spiro atoms. The number of phenols is 1. The minimum absolute atomic E-state index is 0.0559. The van der Waals surface area contributed by atoms with Crippen molar-refractivity contribution in [3.05, 3.63) is 244 Å². The highest BCUT2D eigenvalue weighted by atomic mass is 79.9. The van der Waals surface area contributed by atoms with Crippen molar-refractivity contribution in [3.63, 3.8) is 0 Å². The van der Waals surface area contributed by atoms with Crippen LogP contribution >= 0.6 is 112 Å². The fraction of sp³-hybridized carbons (Fsp3) is 0.242. The van der Waals surface area contributed by atoms with E-state index in [0.717, 1.165) is 58.1 Å². The van der Waals surface area contributed by atoms with Gasteiger partial charge in [0.25, 0.3) is 0 Å². The highest BCUT2D eigenvalue weighted by Crippen LogP contribution is 2.46. The number of thiazole rings is 3. The molecule has 4 aliphatic rings. The zero-order chi connectivity index (χ0) is 65.1. The standard InChI is InChI=1S/C21H14BrCl2FN2OS.C14H9BrCl2FNO.C8H10N2S.C7H7NOS.2C7H8.C2HF3O/c22-14-4-3-12(23)5-11(14)6-16-19-15(25)7-13(24)8-17(19)28-20(27-16)18-9-26-21(29-18)10-1-2-10;15-10-2-1-8(16)3-7(10)4-12(19)14-11(18)5-9(17)6-13(14)20;1-9-4-7-5-10-8(11-7)6-2-3-6;9-4-6-3-8-7(10-6)5-1-2-5;2*1-7-5-3-2-4-6-7;3-2(4,5)1-6/h3-5,7-10,20H,1-2,6H2;1-3,5-6,19-20H,4H2;4-6H,2-3H2,1H3;3-5H,1-2H2;2*2-6H,1H3;1H. The Morgan fingerprint density at radius 3 is 1.62 bits per heavy atom. The largest absolute Gasteiger partial charge is 0.507 e. The van der Waals surface area contributed by atoms with Crippen LogP contribution in [-0.2, 0) is 17.6 Å². The summed E-state index contributed by atoms with van der Waals surface area (Å²) in [5, 5.41) is 22.8. The molecule has 1 aliphatic heterocycles. The molecule has 9 aromatic rings. The summed E-state index contributed by atoms with van der Waals surface area (Å²) in [4.78, 5) is 43.5. The number of fused-ring (bicyclic) bond motifs is 1. The van der Waals surface area contributed by atoms with E-state index in [1.165, 1.54) is 83.0 Å². The van der Waals surface area contributed by atoms with Gasteiger partial charge in [-0.2, -0.15) is 13.2 Å². The number of rotatable bonds is 11. The van der Waals surface area contributed by atoms with Gasteiger partial charge in [-0.15, -0.1) is 34.0 Å². The van der Waals surface area contributed by atoms with E-state index >= 15 is 0 Å². The molecule has 24 heteroatoms. The molecule has 90 heavy (non-hydrogen) atoms. The number of hydrogen-bond acceptors (Lipinski definition) is 13. The predicted molar refractivity (Wildman–Crippen MR) is 363 cm³/mol. The van der Waals surface area contributed by atoms with E-state index in [-0.39, 0.29) is 33.5 Å². The van der Waals surface area contributed by atoms with Crippen LogP contribution in [0.5, 0.6) is 11.5 Å². The SMILES string of the molecule is CN=Cc1cnc(C2CC2)s1.Cc1ccccc1.Cc1ccccc1.Fc1cc(Cl)cc2c1C(Cc1cc(Cl)ccc1Br)=NC(c1cnc(C3CC3)s1)O2.N=C(Cc1cc(Cl)ccc1Br)c1c(O)cc(Cl)cc1F.O=CC(F)(F)F.O=Cc1cnc(C2CC2)s1. The van der Waals surface area contributed by atoms with E-state index in [1.807, 2.05) is 67.1 Å². The Labute approximate surface area is 567 Å². The summed E-state index contributed by atoms with van der Waals surface area (Å²) >= 11 is 35.6. The average Bonchev–Trinajstić information content (AvgIpc) is 1.50. The van der Waals surface area contributed by atoms with Gasteiger partial charge in [0.1, 0.15) is 23.1 Å². The van der Waals surface area contributed by atoms with Crippen LogP contribution < -0.4 is 4.74 Å². The lowest BCUT2D eigenvalue weighted by Gasteiger charge is -2.25. The molecule has 0 amide bonds. The van der Waals surface area contributed by atoms with Crippen LogP contribution in [0.15, 0.2) is 159 Å². The number of aromatic hydroxyl groups is 1. The van der Waals surface area contributed by atoms with Gasteiger partial charge < -0.3 is 15.3 Å². The highest BCUT2D eigenvalue weighted by Gasteiger charge is 2.32. The van der Waals surface area contributed by atoms with Gasteiger partial charge in [-0.05, 0) is 124 Å². The van der Waals surface area contributed by atoms with Crippen LogP contribution in [-0.4, -0.2) is 63.5 Å². The Kier molecular flexibility index (Phi) is 27.4. The van der Waals surface area contributed by atoms with Crippen molar-refractivity contribution in [1.29, 1.82) is 5.41 Å². The van der Waals surface area contributed by atoms with Gasteiger partial charge in [0.05, 0.1) is 46.5 Å². The highest BCUT2D eigenvalue weighted by molar-refractivity contribution is 9.10. The van der Waals surface area contributed by atoms with E-state index < -0.39 is 30.3 Å². The van der Waals surface area contributed by atoms with Gasteiger partial charge in [-0.1, -0.05) is 150 Å². The van der Waals surface area contributed by atoms with Crippen molar-refractivity contribution in [2.75, 3.05) is 7.05 Å². The molecule has 6 aromatic carbocycles.